The molecular formula is C11H11NO3. The second-order valence-electron chi connectivity index (χ2n) is 2.74. The number of hydrogen-bond donors (Lipinski definition) is 0. The molecule has 0 N–H and O–H groups in total. The number of hydrogen-bond acceptors (Lipinski definition) is 4. The SMILES string of the molecule is COC(=O)c1ncccc1C=CCC=O. The van der Waals surface area contributed by atoms with E-state index >= 15 is 0 Å². The quantitative estimate of drug-likeness (QED) is 0.551. The number of carbonyl (C=O) groups excluding carboxylic acids is 2. The van der Waals surface area contributed by atoms with E-state index in [1.165, 1.54) is 13.3 Å². The van der Waals surface area contributed by atoms with E-state index in [9.17, 15) is 9.59 Å². The molecule has 0 atom stereocenters. The molecule has 0 radical (unpaired) electrons. The summed E-state index contributed by atoms with van der Waals surface area (Å²) < 4.78 is 4.58. The van der Waals surface area contributed by atoms with E-state index in [1.807, 2.05) is 0 Å². The second-order valence-corrected chi connectivity index (χ2v) is 2.74. The molecule has 0 bridgehead atoms. The summed E-state index contributed by atoms with van der Waals surface area (Å²) in [6, 6.07) is 3.45. The zero-order valence-electron chi connectivity index (χ0n) is 8.34. The topological polar surface area (TPSA) is 56.3 Å². The fourth-order valence-corrected chi connectivity index (χ4v) is 1.07. The van der Waals surface area contributed by atoms with Crippen LogP contribution in [0.25, 0.3) is 6.08 Å². The third-order valence-electron chi connectivity index (χ3n) is 1.75. The van der Waals surface area contributed by atoms with E-state index in [0.717, 1.165) is 6.29 Å². The molecule has 0 aliphatic heterocycles. The van der Waals surface area contributed by atoms with Crippen molar-refractivity contribution in [2.75, 3.05) is 7.11 Å². The first kappa shape index (κ1) is 11.1. The Kier molecular flexibility index (Phi) is 4.22. The normalized spacial score (nSPS) is 10.2. The highest BCUT2D eigenvalue weighted by molar-refractivity contribution is 5.91. The fraction of sp³-hybridized carbons (Fsp3) is 0.182. The molecule has 0 aliphatic carbocycles. The third kappa shape index (κ3) is 3.02. The number of nitrogens with zero attached hydrogens (tertiary/aromatic N) is 1. The van der Waals surface area contributed by atoms with Crippen LogP contribution in [0.2, 0.25) is 0 Å². The van der Waals surface area contributed by atoms with Crippen LogP contribution in [-0.4, -0.2) is 24.3 Å². The van der Waals surface area contributed by atoms with E-state index in [1.54, 1.807) is 24.3 Å². The number of pyridine rings is 1. The molecule has 1 rings (SSSR count). The smallest absolute Gasteiger partial charge is 0.357 e. The average molecular weight is 205 g/mol. The van der Waals surface area contributed by atoms with Gasteiger partial charge in [0.2, 0.25) is 0 Å². The third-order valence-corrected chi connectivity index (χ3v) is 1.75. The first-order valence-electron chi connectivity index (χ1n) is 4.43. The van der Waals surface area contributed by atoms with Gasteiger partial charge in [-0.2, -0.15) is 0 Å². The molecule has 0 spiro atoms. The Bertz CT molecular complexity index is 385. The van der Waals surface area contributed by atoms with Crippen LogP contribution in [0.5, 0.6) is 0 Å². The van der Waals surface area contributed by atoms with Gasteiger partial charge in [0.1, 0.15) is 6.29 Å². The Morgan fingerprint density at radius 1 is 1.60 bits per heavy atom. The van der Waals surface area contributed by atoms with Crippen molar-refractivity contribution in [3.05, 3.63) is 35.7 Å². The molecule has 1 heterocycles. The van der Waals surface area contributed by atoms with Crippen LogP contribution in [0.15, 0.2) is 24.4 Å². The summed E-state index contributed by atoms with van der Waals surface area (Å²) in [5.74, 6) is -0.485. The molecule has 4 nitrogen and oxygen atoms in total. The summed E-state index contributed by atoms with van der Waals surface area (Å²) in [5.41, 5.74) is 0.897. The Hall–Kier alpha value is -1.97. The van der Waals surface area contributed by atoms with Crippen LogP contribution < -0.4 is 0 Å². The van der Waals surface area contributed by atoms with Crippen LogP contribution in [0.3, 0.4) is 0 Å². The molecule has 15 heavy (non-hydrogen) atoms. The van der Waals surface area contributed by atoms with Gasteiger partial charge in [0.15, 0.2) is 5.69 Å². The molecule has 0 aromatic carbocycles. The number of carbonyl (C=O) groups is 2. The maximum Gasteiger partial charge on any atom is 0.357 e. The minimum Gasteiger partial charge on any atom is -0.464 e. The summed E-state index contributed by atoms with van der Waals surface area (Å²) in [5, 5.41) is 0. The number of aromatic nitrogens is 1. The van der Waals surface area contributed by atoms with Gasteiger partial charge < -0.3 is 9.53 Å². The second kappa shape index (κ2) is 5.70. The lowest BCUT2D eigenvalue weighted by molar-refractivity contribution is -0.107. The number of allylic oxidation sites excluding steroid dienone is 1. The number of aldehydes is 1. The van der Waals surface area contributed by atoms with E-state index in [-0.39, 0.29) is 5.69 Å². The minimum absolute atomic E-state index is 0.252. The molecule has 0 aliphatic rings. The monoisotopic (exact) mass is 205 g/mol. The molecule has 0 saturated heterocycles. The highest BCUT2D eigenvalue weighted by Gasteiger charge is 2.10. The Morgan fingerprint density at radius 3 is 3.07 bits per heavy atom. The standard InChI is InChI=1S/C11H11NO3/c1-15-11(14)10-9(5-2-3-8-13)6-4-7-12-10/h2,4-8H,3H2,1H3. The van der Waals surface area contributed by atoms with Crippen LogP contribution in [0, 0.1) is 0 Å². The van der Waals surface area contributed by atoms with Gasteiger partial charge >= 0.3 is 5.97 Å². The van der Waals surface area contributed by atoms with E-state index < -0.39 is 5.97 Å². The minimum atomic E-state index is -0.485. The van der Waals surface area contributed by atoms with E-state index in [4.69, 9.17) is 0 Å². The van der Waals surface area contributed by atoms with Gasteiger partial charge in [-0.05, 0) is 6.07 Å². The van der Waals surface area contributed by atoms with Crippen molar-refractivity contribution in [3.8, 4) is 0 Å². The predicted octanol–water partition coefficient (Wildman–Crippen LogP) is 1.47. The average Bonchev–Trinajstić information content (AvgIpc) is 2.29. The molecule has 0 amide bonds. The van der Waals surface area contributed by atoms with Crippen molar-refractivity contribution in [1.82, 2.24) is 4.98 Å². The maximum absolute atomic E-state index is 11.3. The van der Waals surface area contributed by atoms with Crippen molar-refractivity contribution in [2.45, 2.75) is 6.42 Å². The Labute approximate surface area is 87.6 Å². The molecule has 4 heteroatoms. The van der Waals surface area contributed by atoms with Gasteiger partial charge in [-0.25, -0.2) is 9.78 Å². The van der Waals surface area contributed by atoms with Gasteiger partial charge in [0.25, 0.3) is 0 Å². The van der Waals surface area contributed by atoms with Crippen LogP contribution in [0.1, 0.15) is 22.5 Å². The maximum atomic E-state index is 11.3. The summed E-state index contributed by atoms with van der Waals surface area (Å²) in [6.45, 7) is 0. The van der Waals surface area contributed by atoms with Crippen LogP contribution >= 0.6 is 0 Å². The molecule has 0 fully saturated rings. The lowest BCUT2D eigenvalue weighted by Gasteiger charge is -2.01. The lowest BCUT2D eigenvalue weighted by atomic mass is 10.1. The highest BCUT2D eigenvalue weighted by atomic mass is 16.5. The molecule has 78 valence electrons. The van der Waals surface area contributed by atoms with E-state index in [0.29, 0.717) is 12.0 Å². The summed E-state index contributed by atoms with van der Waals surface area (Å²) in [7, 11) is 1.30. The number of ether oxygens (including phenoxy) is 1. The number of methoxy groups -OCH3 is 1. The number of rotatable bonds is 4. The van der Waals surface area contributed by atoms with Crippen LogP contribution in [0.4, 0.5) is 0 Å². The predicted molar refractivity (Wildman–Crippen MR) is 55.3 cm³/mol. The Morgan fingerprint density at radius 2 is 2.40 bits per heavy atom. The highest BCUT2D eigenvalue weighted by Crippen LogP contribution is 2.09. The summed E-state index contributed by atoms with van der Waals surface area (Å²) >= 11 is 0. The van der Waals surface area contributed by atoms with E-state index in [2.05, 4.69) is 9.72 Å². The van der Waals surface area contributed by atoms with Gasteiger partial charge in [-0.3, -0.25) is 0 Å². The fourth-order valence-electron chi connectivity index (χ4n) is 1.07. The zero-order chi connectivity index (χ0) is 11.1. The first-order chi connectivity index (χ1) is 7.29. The lowest BCUT2D eigenvalue weighted by Crippen LogP contribution is -2.06. The van der Waals surface area contributed by atoms with Crippen molar-refractivity contribution < 1.29 is 14.3 Å². The van der Waals surface area contributed by atoms with Gasteiger partial charge in [0, 0.05) is 18.2 Å². The van der Waals surface area contributed by atoms with Crippen molar-refractivity contribution >= 4 is 18.3 Å². The number of esters is 1. The van der Waals surface area contributed by atoms with Gasteiger partial charge in [0.05, 0.1) is 7.11 Å². The van der Waals surface area contributed by atoms with Crippen LogP contribution in [-0.2, 0) is 9.53 Å². The van der Waals surface area contributed by atoms with Gasteiger partial charge in [-0.15, -0.1) is 0 Å². The Balaban J connectivity index is 2.95. The van der Waals surface area contributed by atoms with Crippen molar-refractivity contribution in [3.63, 3.8) is 0 Å². The summed E-state index contributed by atoms with van der Waals surface area (Å²) in [6.07, 6.45) is 5.95. The van der Waals surface area contributed by atoms with Crippen molar-refractivity contribution in [2.24, 2.45) is 0 Å². The molecule has 1 aromatic rings. The largest absolute Gasteiger partial charge is 0.464 e. The summed E-state index contributed by atoms with van der Waals surface area (Å²) in [4.78, 5) is 25.3. The molecule has 0 unspecified atom stereocenters. The molecule has 0 saturated carbocycles. The molecule has 1 aromatic heterocycles. The molecular weight excluding hydrogens is 194 g/mol. The first-order valence-corrected chi connectivity index (χ1v) is 4.43. The van der Waals surface area contributed by atoms with Crippen molar-refractivity contribution in [1.29, 1.82) is 0 Å². The van der Waals surface area contributed by atoms with Gasteiger partial charge in [-0.1, -0.05) is 18.2 Å². The zero-order valence-corrected chi connectivity index (χ0v) is 8.34.